The molecule has 2 N–H and O–H groups in total. The van der Waals surface area contributed by atoms with E-state index in [2.05, 4.69) is 15.6 Å². The Balaban J connectivity index is 1.96. The van der Waals surface area contributed by atoms with Crippen molar-refractivity contribution in [1.82, 2.24) is 10.3 Å². The first-order valence-electron chi connectivity index (χ1n) is 6.93. The minimum atomic E-state index is -0.614. The first-order chi connectivity index (χ1) is 10.2. The topological polar surface area (TPSA) is 54.0 Å². The van der Waals surface area contributed by atoms with E-state index < -0.39 is 11.7 Å². The molecule has 1 aromatic carbocycles. The predicted octanol–water partition coefficient (Wildman–Crippen LogP) is 2.63. The van der Waals surface area contributed by atoms with Crippen LogP contribution in [0.3, 0.4) is 0 Å². The second-order valence-corrected chi connectivity index (χ2v) is 4.54. The molecular formula is C16H18FN3O. The number of carbonyl (C=O) groups excluding carboxylic acids is 1. The van der Waals surface area contributed by atoms with Crippen LogP contribution in [-0.2, 0) is 6.42 Å². The molecule has 0 bridgehead atoms. The third-order valence-electron chi connectivity index (χ3n) is 3.02. The smallest absolute Gasteiger partial charge is 0.254 e. The molecule has 0 saturated heterocycles. The van der Waals surface area contributed by atoms with Crippen molar-refractivity contribution in [3.05, 3.63) is 59.5 Å². The molecule has 0 saturated carbocycles. The van der Waals surface area contributed by atoms with Gasteiger partial charge >= 0.3 is 0 Å². The van der Waals surface area contributed by atoms with Crippen LogP contribution < -0.4 is 10.6 Å². The molecule has 0 radical (unpaired) electrons. The molecule has 0 fully saturated rings. The molecule has 2 rings (SSSR count). The standard InChI is InChI=1S/C16H18FN3O/c1-2-18-15-14(17)13(9-11-19-15)16(21)20-10-8-12-6-4-3-5-7-12/h3-7,9,11H,2,8,10H2,1H3,(H,18,19)(H,20,21). The van der Waals surface area contributed by atoms with Gasteiger partial charge in [-0.25, -0.2) is 9.37 Å². The lowest BCUT2D eigenvalue weighted by Gasteiger charge is -2.09. The first kappa shape index (κ1) is 15.0. The second-order valence-electron chi connectivity index (χ2n) is 4.54. The van der Waals surface area contributed by atoms with Gasteiger partial charge in [0.25, 0.3) is 5.91 Å². The van der Waals surface area contributed by atoms with Crippen molar-refractivity contribution in [2.24, 2.45) is 0 Å². The molecule has 0 atom stereocenters. The second kappa shape index (κ2) is 7.38. The van der Waals surface area contributed by atoms with Crippen molar-refractivity contribution in [2.75, 3.05) is 18.4 Å². The highest BCUT2D eigenvalue weighted by Gasteiger charge is 2.15. The number of nitrogens with zero attached hydrogens (tertiary/aromatic N) is 1. The minimum absolute atomic E-state index is 0.00834. The van der Waals surface area contributed by atoms with Gasteiger partial charge in [-0.1, -0.05) is 30.3 Å². The molecule has 0 spiro atoms. The Hall–Kier alpha value is -2.43. The summed E-state index contributed by atoms with van der Waals surface area (Å²) in [4.78, 5) is 15.9. The Morgan fingerprint density at radius 2 is 2.00 bits per heavy atom. The highest BCUT2D eigenvalue weighted by Crippen LogP contribution is 2.14. The Bertz CT molecular complexity index is 602. The number of halogens is 1. The molecule has 0 aliphatic rings. The zero-order valence-corrected chi connectivity index (χ0v) is 11.9. The van der Waals surface area contributed by atoms with Gasteiger partial charge in [0.15, 0.2) is 11.6 Å². The maximum absolute atomic E-state index is 14.1. The average molecular weight is 287 g/mol. The number of aromatic nitrogens is 1. The van der Waals surface area contributed by atoms with E-state index in [1.165, 1.54) is 12.3 Å². The van der Waals surface area contributed by atoms with Crippen LogP contribution in [0.15, 0.2) is 42.6 Å². The van der Waals surface area contributed by atoms with Crippen LogP contribution in [0, 0.1) is 5.82 Å². The molecule has 110 valence electrons. The molecule has 1 aromatic heterocycles. The summed E-state index contributed by atoms with van der Waals surface area (Å²) >= 11 is 0. The summed E-state index contributed by atoms with van der Waals surface area (Å²) < 4.78 is 14.1. The molecule has 21 heavy (non-hydrogen) atoms. The fourth-order valence-corrected chi connectivity index (χ4v) is 1.97. The Morgan fingerprint density at radius 3 is 2.71 bits per heavy atom. The average Bonchev–Trinajstić information content (AvgIpc) is 2.50. The summed E-state index contributed by atoms with van der Waals surface area (Å²) in [6.07, 6.45) is 2.13. The van der Waals surface area contributed by atoms with Gasteiger partial charge in [0, 0.05) is 19.3 Å². The zero-order valence-electron chi connectivity index (χ0n) is 11.9. The molecule has 1 amide bonds. The van der Waals surface area contributed by atoms with Gasteiger partial charge in [0.05, 0.1) is 5.56 Å². The third-order valence-corrected chi connectivity index (χ3v) is 3.02. The number of nitrogens with one attached hydrogen (secondary N) is 2. The normalized spacial score (nSPS) is 10.2. The van der Waals surface area contributed by atoms with Crippen LogP contribution in [0.2, 0.25) is 0 Å². The van der Waals surface area contributed by atoms with Crippen molar-refractivity contribution in [2.45, 2.75) is 13.3 Å². The molecule has 4 nitrogen and oxygen atoms in total. The van der Waals surface area contributed by atoms with Crippen LogP contribution in [0.5, 0.6) is 0 Å². The highest BCUT2D eigenvalue weighted by molar-refractivity contribution is 5.95. The number of amides is 1. The fourth-order valence-electron chi connectivity index (χ4n) is 1.97. The number of rotatable bonds is 6. The number of carbonyl (C=O) groups is 1. The van der Waals surface area contributed by atoms with Gasteiger partial charge in [0.2, 0.25) is 0 Å². The summed E-state index contributed by atoms with van der Waals surface area (Å²) in [7, 11) is 0. The lowest BCUT2D eigenvalue weighted by Crippen LogP contribution is -2.27. The monoisotopic (exact) mass is 287 g/mol. The van der Waals surface area contributed by atoms with Crippen molar-refractivity contribution < 1.29 is 9.18 Å². The number of pyridine rings is 1. The number of benzene rings is 1. The zero-order chi connectivity index (χ0) is 15.1. The van der Waals surface area contributed by atoms with E-state index in [0.717, 1.165) is 5.56 Å². The van der Waals surface area contributed by atoms with Crippen molar-refractivity contribution >= 4 is 11.7 Å². The van der Waals surface area contributed by atoms with E-state index >= 15 is 0 Å². The number of hydrogen-bond donors (Lipinski definition) is 2. The largest absolute Gasteiger partial charge is 0.368 e. The SMILES string of the molecule is CCNc1nccc(C(=O)NCCc2ccccc2)c1F. The lowest BCUT2D eigenvalue weighted by atomic mass is 10.1. The first-order valence-corrected chi connectivity index (χ1v) is 6.93. The summed E-state index contributed by atoms with van der Waals surface area (Å²) in [5.41, 5.74) is 1.13. The van der Waals surface area contributed by atoms with Crippen LogP contribution in [0.25, 0.3) is 0 Å². The Kier molecular flexibility index (Phi) is 5.26. The van der Waals surface area contributed by atoms with Crippen LogP contribution in [0.4, 0.5) is 10.2 Å². The highest BCUT2D eigenvalue weighted by atomic mass is 19.1. The molecule has 1 heterocycles. The van der Waals surface area contributed by atoms with Crippen LogP contribution in [-0.4, -0.2) is 24.0 Å². The molecule has 5 heteroatoms. The predicted molar refractivity (Wildman–Crippen MR) is 80.8 cm³/mol. The Morgan fingerprint density at radius 1 is 1.24 bits per heavy atom. The van der Waals surface area contributed by atoms with E-state index in [-0.39, 0.29) is 11.4 Å². The minimum Gasteiger partial charge on any atom is -0.368 e. The fraction of sp³-hybridized carbons (Fsp3) is 0.250. The molecule has 0 aliphatic carbocycles. The van der Waals surface area contributed by atoms with Crippen LogP contribution in [0.1, 0.15) is 22.8 Å². The van der Waals surface area contributed by atoms with Crippen molar-refractivity contribution in [3.8, 4) is 0 Å². The summed E-state index contributed by atoms with van der Waals surface area (Å²) in [6.45, 7) is 2.85. The van der Waals surface area contributed by atoms with Crippen molar-refractivity contribution in [3.63, 3.8) is 0 Å². The molecule has 0 aliphatic heterocycles. The van der Waals surface area contributed by atoms with Gasteiger partial charge in [-0.05, 0) is 25.0 Å². The van der Waals surface area contributed by atoms with Gasteiger partial charge in [0.1, 0.15) is 0 Å². The maximum atomic E-state index is 14.1. The molecule has 2 aromatic rings. The Labute approximate surface area is 123 Å². The van der Waals surface area contributed by atoms with Gasteiger partial charge in [-0.3, -0.25) is 4.79 Å². The van der Waals surface area contributed by atoms with E-state index in [1.54, 1.807) is 0 Å². The van der Waals surface area contributed by atoms with E-state index in [0.29, 0.717) is 19.5 Å². The summed E-state index contributed by atoms with van der Waals surface area (Å²) in [5.74, 6) is -0.935. The summed E-state index contributed by atoms with van der Waals surface area (Å²) in [6, 6.07) is 11.2. The number of hydrogen-bond acceptors (Lipinski definition) is 3. The van der Waals surface area contributed by atoms with Gasteiger partial charge in [-0.15, -0.1) is 0 Å². The quantitative estimate of drug-likeness (QED) is 0.858. The number of anilines is 1. The van der Waals surface area contributed by atoms with E-state index in [1.807, 2.05) is 37.3 Å². The molecule has 0 unspecified atom stereocenters. The van der Waals surface area contributed by atoms with E-state index in [9.17, 15) is 9.18 Å². The third kappa shape index (κ3) is 4.02. The molecular weight excluding hydrogens is 269 g/mol. The van der Waals surface area contributed by atoms with E-state index in [4.69, 9.17) is 0 Å². The van der Waals surface area contributed by atoms with Gasteiger partial charge in [-0.2, -0.15) is 0 Å². The van der Waals surface area contributed by atoms with Crippen molar-refractivity contribution in [1.29, 1.82) is 0 Å². The maximum Gasteiger partial charge on any atom is 0.254 e. The van der Waals surface area contributed by atoms with Gasteiger partial charge < -0.3 is 10.6 Å². The summed E-state index contributed by atoms with van der Waals surface area (Å²) in [5, 5.41) is 5.51. The van der Waals surface area contributed by atoms with Crippen LogP contribution >= 0.6 is 0 Å². The lowest BCUT2D eigenvalue weighted by molar-refractivity contribution is 0.0950.